The molecular weight excluding hydrogens is 258 g/mol. The molecule has 2 rings (SSSR count). The van der Waals surface area contributed by atoms with Crippen LogP contribution in [0.2, 0.25) is 0 Å². The van der Waals surface area contributed by atoms with Gasteiger partial charge in [-0.25, -0.2) is 0 Å². The highest BCUT2D eigenvalue weighted by Crippen LogP contribution is 2.20. The van der Waals surface area contributed by atoms with E-state index in [2.05, 4.69) is 60.8 Å². The van der Waals surface area contributed by atoms with Crippen molar-refractivity contribution in [1.82, 2.24) is 10.2 Å². The van der Waals surface area contributed by atoms with Crippen molar-refractivity contribution < 1.29 is 0 Å². The van der Waals surface area contributed by atoms with Gasteiger partial charge in [0, 0.05) is 24.3 Å². The van der Waals surface area contributed by atoms with E-state index >= 15 is 0 Å². The summed E-state index contributed by atoms with van der Waals surface area (Å²) in [5.74, 6) is 0. The second-order valence-corrected chi connectivity index (χ2v) is 6.68. The lowest BCUT2D eigenvalue weighted by Gasteiger charge is -2.24. The molecule has 1 heterocycles. The molecule has 2 N–H and O–H groups in total. The van der Waals surface area contributed by atoms with Crippen LogP contribution in [0.3, 0.4) is 0 Å². The molecule has 0 aliphatic carbocycles. The van der Waals surface area contributed by atoms with Gasteiger partial charge in [0.05, 0.1) is 0 Å². The SMILES string of the molecule is CC(CC1CCCCCN1)Nc1ccccc1CN(C)C. The van der Waals surface area contributed by atoms with E-state index < -0.39 is 0 Å². The van der Waals surface area contributed by atoms with E-state index in [1.165, 1.54) is 49.9 Å². The van der Waals surface area contributed by atoms with E-state index in [0.29, 0.717) is 12.1 Å². The lowest BCUT2D eigenvalue weighted by atomic mass is 10.0. The molecule has 3 heteroatoms. The summed E-state index contributed by atoms with van der Waals surface area (Å²) < 4.78 is 0. The number of nitrogens with zero attached hydrogens (tertiary/aromatic N) is 1. The lowest BCUT2D eigenvalue weighted by molar-refractivity contribution is 0.402. The molecule has 118 valence electrons. The standard InChI is InChI=1S/C18H31N3/c1-15(13-17-10-5-4-8-12-19-17)20-18-11-7-6-9-16(18)14-21(2)3/h6-7,9,11,15,17,19-20H,4-5,8,10,12-14H2,1-3H3. The normalized spacial score (nSPS) is 21.0. The number of para-hydroxylation sites is 1. The lowest BCUT2D eigenvalue weighted by Crippen LogP contribution is -2.33. The maximum atomic E-state index is 3.72. The van der Waals surface area contributed by atoms with Crippen molar-refractivity contribution in [3.8, 4) is 0 Å². The molecule has 2 unspecified atom stereocenters. The fraction of sp³-hybridized carbons (Fsp3) is 0.667. The van der Waals surface area contributed by atoms with E-state index in [-0.39, 0.29) is 0 Å². The van der Waals surface area contributed by atoms with Crippen molar-refractivity contribution in [2.45, 2.75) is 57.7 Å². The summed E-state index contributed by atoms with van der Waals surface area (Å²) in [5.41, 5.74) is 2.66. The van der Waals surface area contributed by atoms with Crippen molar-refractivity contribution in [1.29, 1.82) is 0 Å². The van der Waals surface area contributed by atoms with Crippen LogP contribution in [0.1, 0.15) is 44.6 Å². The Morgan fingerprint density at radius 3 is 2.86 bits per heavy atom. The number of hydrogen-bond acceptors (Lipinski definition) is 3. The van der Waals surface area contributed by atoms with Gasteiger partial charge in [-0.05, 0) is 58.5 Å². The van der Waals surface area contributed by atoms with Gasteiger partial charge in [0.1, 0.15) is 0 Å². The van der Waals surface area contributed by atoms with Gasteiger partial charge in [-0.15, -0.1) is 0 Å². The third kappa shape index (κ3) is 5.68. The van der Waals surface area contributed by atoms with Crippen molar-refractivity contribution in [3.05, 3.63) is 29.8 Å². The minimum atomic E-state index is 0.504. The molecule has 0 bridgehead atoms. The highest BCUT2D eigenvalue weighted by Gasteiger charge is 2.15. The minimum Gasteiger partial charge on any atom is -0.382 e. The Hall–Kier alpha value is -1.06. The van der Waals surface area contributed by atoms with Crippen LogP contribution in [-0.4, -0.2) is 37.6 Å². The first-order chi connectivity index (χ1) is 10.1. The summed E-state index contributed by atoms with van der Waals surface area (Å²) in [5, 5.41) is 7.41. The van der Waals surface area contributed by atoms with E-state index in [1.54, 1.807) is 0 Å². The van der Waals surface area contributed by atoms with Crippen LogP contribution in [0.15, 0.2) is 24.3 Å². The van der Waals surface area contributed by atoms with Gasteiger partial charge in [-0.3, -0.25) is 0 Å². The molecule has 2 atom stereocenters. The van der Waals surface area contributed by atoms with Crippen molar-refractivity contribution >= 4 is 5.69 Å². The Labute approximate surface area is 130 Å². The summed E-state index contributed by atoms with van der Waals surface area (Å²) in [4.78, 5) is 2.22. The number of benzene rings is 1. The van der Waals surface area contributed by atoms with Gasteiger partial charge in [0.25, 0.3) is 0 Å². The smallest absolute Gasteiger partial charge is 0.0387 e. The average molecular weight is 289 g/mol. The highest BCUT2D eigenvalue weighted by molar-refractivity contribution is 5.51. The van der Waals surface area contributed by atoms with Gasteiger partial charge in [-0.1, -0.05) is 31.0 Å². The van der Waals surface area contributed by atoms with Crippen LogP contribution in [0.5, 0.6) is 0 Å². The number of nitrogens with one attached hydrogen (secondary N) is 2. The first-order valence-corrected chi connectivity index (χ1v) is 8.37. The van der Waals surface area contributed by atoms with E-state index in [0.717, 1.165) is 6.54 Å². The minimum absolute atomic E-state index is 0.504. The van der Waals surface area contributed by atoms with Crippen molar-refractivity contribution in [2.24, 2.45) is 0 Å². The fourth-order valence-corrected chi connectivity index (χ4v) is 3.19. The van der Waals surface area contributed by atoms with Crippen molar-refractivity contribution in [3.63, 3.8) is 0 Å². The van der Waals surface area contributed by atoms with Gasteiger partial charge in [0.2, 0.25) is 0 Å². The molecule has 1 aromatic carbocycles. The quantitative estimate of drug-likeness (QED) is 0.839. The zero-order valence-corrected chi connectivity index (χ0v) is 13.9. The Kier molecular flexibility index (Phi) is 6.52. The van der Waals surface area contributed by atoms with E-state index in [1.807, 2.05) is 0 Å². The Morgan fingerprint density at radius 2 is 2.05 bits per heavy atom. The van der Waals surface area contributed by atoms with Crippen LogP contribution >= 0.6 is 0 Å². The van der Waals surface area contributed by atoms with E-state index in [9.17, 15) is 0 Å². The Morgan fingerprint density at radius 1 is 1.24 bits per heavy atom. The largest absolute Gasteiger partial charge is 0.382 e. The fourth-order valence-electron chi connectivity index (χ4n) is 3.19. The average Bonchev–Trinajstić information content (AvgIpc) is 2.69. The molecule has 0 spiro atoms. The monoisotopic (exact) mass is 289 g/mol. The molecule has 3 nitrogen and oxygen atoms in total. The third-order valence-electron chi connectivity index (χ3n) is 4.21. The summed E-state index contributed by atoms with van der Waals surface area (Å²) in [6.45, 7) is 4.48. The summed E-state index contributed by atoms with van der Waals surface area (Å²) in [7, 11) is 4.24. The zero-order chi connectivity index (χ0) is 15.1. The maximum absolute atomic E-state index is 3.72. The molecule has 0 radical (unpaired) electrons. The molecule has 1 aliphatic heterocycles. The van der Waals surface area contributed by atoms with Crippen LogP contribution in [0.4, 0.5) is 5.69 Å². The van der Waals surface area contributed by atoms with Crippen LogP contribution in [0, 0.1) is 0 Å². The Bertz CT molecular complexity index is 409. The topological polar surface area (TPSA) is 27.3 Å². The molecular formula is C18H31N3. The molecule has 1 aromatic rings. The van der Waals surface area contributed by atoms with Crippen LogP contribution in [-0.2, 0) is 6.54 Å². The molecule has 1 fully saturated rings. The molecule has 1 aliphatic rings. The van der Waals surface area contributed by atoms with Gasteiger partial charge < -0.3 is 15.5 Å². The van der Waals surface area contributed by atoms with Crippen molar-refractivity contribution in [2.75, 3.05) is 26.0 Å². The summed E-state index contributed by atoms with van der Waals surface area (Å²) in [6.07, 6.45) is 6.63. The highest BCUT2D eigenvalue weighted by atomic mass is 15.1. The predicted octanol–water partition coefficient (Wildman–Crippen LogP) is 3.47. The predicted molar refractivity (Wildman–Crippen MR) is 91.8 cm³/mol. The first-order valence-electron chi connectivity index (χ1n) is 8.37. The molecule has 1 saturated heterocycles. The molecule has 0 aromatic heterocycles. The number of anilines is 1. The summed E-state index contributed by atoms with van der Waals surface area (Å²) >= 11 is 0. The summed E-state index contributed by atoms with van der Waals surface area (Å²) in [6, 6.07) is 9.86. The first kappa shape index (κ1) is 16.3. The Balaban J connectivity index is 1.90. The number of hydrogen-bond donors (Lipinski definition) is 2. The second-order valence-electron chi connectivity index (χ2n) is 6.68. The second kappa shape index (κ2) is 8.40. The maximum Gasteiger partial charge on any atom is 0.0387 e. The van der Waals surface area contributed by atoms with Crippen LogP contribution in [0.25, 0.3) is 0 Å². The van der Waals surface area contributed by atoms with Gasteiger partial charge in [-0.2, -0.15) is 0 Å². The third-order valence-corrected chi connectivity index (χ3v) is 4.21. The number of rotatable bonds is 6. The van der Waals surface area contributed by atoms with Gasteiger partial charge in [0.15, 0.2) is 0 Å². The molecule has 0 amide bonds. The zero-order valence-electron chi connectivity index (χ0n) is 13.9. The van der Waals surface area contributed by atoms with Gasteiger partial charge >= 0.3 is 0 Å². The van der Waals surface area contributed by atoms with E-state index in [4.69, 9.17) is 0 Å². The molecule has 0 saturated carbocycles. The van der Waals surface area contributed by atoms with Crippen LogP contribution < -0.4 is 10.6 Å². The molecule has 21 heavy (non-hydrogen) atoms.